The summed E-state index contributed by atoms with van der Waals surface area (Å²) >= 11 is 0. The van der Waals surface area contributed by atoms with Crippen LogP contribution in [0.2, 0.25) is 0 Å². The minimum absolute atomic E-state index is 0.212. The monoisotopic (exact) mass is 243 g/mol. The number of aryl methyl sites for hydroxylation is 1. The lowest BCUT2D eigenvalue weighted by atomic mass is 9.99. The van der Waals surface area contributed by atoms with Gasteiger partial charge in [-0.05, 0) is 31.0 Å². The average molecular weight is 243 g/mol. The molecule has 18 heavy (non-hydrogen) atoms. The first-order chi connectivity index (χ1) is 8.85. The lowest BCUT2D eigenvalue weighted by Crippen LogP contribution is -2.17. The number of hydrogen-bond acceptors (Lipinski definition) is 2. The van der Waals surface area contributed by atoms with Crippen molar-refractivity contribution in [1.82, 2.24) is 15.5 Å². The molecule has 1 aromatic carbocycles. The summed E-state index contributed by atoms with van der Waals surface area (Å²) in [6, 6.07) is 9.09. The molecular formula is C15H21N3. The minimum Gasteiger partial charge on any atom is -0.309 e. The highest BCUT2D eigenvalue weighted by Gasteiger charge is 2.12. The molecule has 1 unspecified atom stereocenters. The highest BCUT2D eigenvalue weighted by molar-refractivity contribution is 5.31. The third-order valence-electron chi connectivity index (χ3n) is 3.27. The maximum atomic E-state index is 4.01. The summed E-state index contributed by atoms with van der Waals surface area (Å²) in [5, 5.41) is 10.2. The Bertz CT molecular complexity index is 445. The Balaban J connectivity index is 2.12. The van der Waals surface area contributed by atoms with E-state index in [4.69, 9.17) is 0 Å². The van der Waals surface area contributed by atoms with Crippen LogP contribution < -0.4 is 5.32 Å². The van der Waals surface area contributed by atoms with Crippen LogP contribution >= 0.6 is 0 Å². The molecule has 0 saturated carbocycles. The van der Waals surface area contributed by atoms with E-state index in [0.717, 1.165) is 0 Å². The van der Waals surface area contributed by atoms with Gasteiger partial charge >= 0.3 is 0 Å². The van der Waals surface area contributed by atoms with Gasteiger partial charge in [-0.25, -0.2) is 0 Å². The predicted molar refractivity (Wildman–Crippen MR) is 74.5 cm³/mol. The van der Waals surface area contributed by atoms with Crippen molar-refractivity contribution in [2.24, 2.45) is 0 Å². The lowest BCUT2D eigenvalue weighted by molar-refractivity contribution is 0.691. The van der Waals surface area contributed by atoms with Crippen molar-refractivity contribution in [1.29, 1.82) is 0 Å². The molecule has 0 amide bonds. The van der Waals surface area contributed by atoms with Gasteiger partial charge in [0.25, 0.3) is 0 Å². The van der Waals surface area contributed by atoms with Gasteiger partial charge in [-0.1, -0.05) is 37.6 Å². The van der Waals surface area contributed by atoms with Gasteiger partial charge in [0.15, 0.2) is 0 Å². The molecule has 0 aliphatic heterocycles. The first kappa shape index (κ1) is 12.8. The van der Waals surface area contributed by atoms with Crippen LogP contribution in [0.5, 0.6) is 0 Å². The van der Waals surface area contributed by atoms with Crippen LogP contribution in [0.1, 0.15) is 42.5 Å². The topological polar surface area (TPSA) is 40.7 Å². The summed E-state index contributed by atoms with van der Waals surface area (Å²) in [7, 11) is 1.97. The summed E-state index contributed by atoms with van der Waals surface area (Å²) in [6.07, 6.45) is 7.48. The number of hydrogen-bond donors (Lipinski definition) is 2. The third kappa shape index (κ3) is 2.99. The van der Waals surface area contributed by atoms with Crippen LogP contribution in [0, 0.1) is 0 Å². The average Bonchev–Trinajstić information content (AvgIpc) is 2.93. The van der Waals surface area contributed by atoms with E-state index < -0.39 is 0 Å². The Labute approximate surface area is 109 Å². The Morgan fingerprint density at radius 2 is 2.00 bits per heavy atom. The van der Waals surface area contributed by atoms with Crippen molar-refractivity contribution in [3.8, 4) is 0 Å². The zero-order valence-electron chi connectivity index (χ0n) is 11.1. The van der Waals surface area contributed by atoms with Crippen molar-refractivity contribution in [3.05, 3.63) is 53.3 Å². The summed E-state index contributed by atoms with van der Waals surface area (Å²) in [5.74, 6) is 0. The summed E-state index contributed by atoms with van der Waals surface area (Å²) in [5.41, 5.74) is 3.86. The maximum Gasteiger partial charge on any atom is 0.0605 e. The fourth-order valence-electron chi connectivity index (χ4n) is 2.20. The van der Waals surface area contributed by atoms with Crippen molar-refractivity contribution >= 4 is 0 Å². The highest BCUT2D eigenvalue weighted by atomic mass is 15.1. The Hall–Kier alpha value is -1.61. The SMILES string of the molecule is CCCCc1ccc(C(NC)c2cn[nH]c2)cc1. The molecule has 0 radical (unpaired) electrons. The fraction of sp³-hybridized carbons (Fsp3) is 0.400. The van der Waals surface area contributed by atoms with Gasteiger partial charge in [-0.2, -0.15) is 5.10 Å². The van der Waals surface area contributed by atoms with Gasteiger partial charge in [0.2, 0.25) is 0 Å². The highest BCUT2D eigenvalue weighted by Crippen LogP contribution is 2.21. The van der Waals surface area contributed by atoms with Gasteiger partial charge in [-0.15, -0.1) is 0 Å². The van der Waals surface area contributed by atoms with E-state index in [1.165, 1.54) is 36.0 Å². The van der Waals surface area contributed by atoms with Gasteiger partial charge in [0.05, 0.1) is 12.2 Å². The van der Waals surface area contributed by atoms with E-state index in [2.05, 4.69) is 46.7 Å². The second kappa shape index (κ2) is 6.36. The molecule has 0 fully saturated rings. The largest absolute Gasteiger partial charge is 0.309 e. The van der Waals surface area contributed by atoms with E-state index in [1.807, 2.05) is 19.4 Å². The van der Waals surface area contributed by atoms with Gasteiger partial charge in [-0.3, -0.25) is 5.10 Å². The smallest absolute Gasteiger partial charge is 0.0605 e. The lowest BCUT2D eigenvalue weighted by Gasteiger charge is -2.15. The van der Waals surface area contributed by atoms with E-state index in [1.54, 1.807) is 0 Å². The normalized spacial score (nSPS) is 12.6. The molecule has 0 aliphatic rings. The number of aromatic nitrogens is 2. The second-order valence-corrected chi connectivity index (χ2v) is 4.60. The standard InChI is InChI=1S/C15H21N3/c1-3-4-5-12-6-8-13(9-7-12)15(16-2)14-10-17-18-11-14/h6-11,15-16H,3-5H2,1-2H3,(H,17,18). The van der Waals surface area contributed by atoms with Gasteiger partial charge in [0, 0.05) is 11.8 Å². The Kier molecular flexibility index (Phi) is 4.53. The van der Waals surface area contributed by atoms with E-state index in [-0.39, 0.29) is 6.04 Å². The number of rotatable bonds is 6. The number of benzene rings is 1. The molecular weight excluding hydrogens is 222 g/mol. The molecule has 2 rings (SSSR count). The summed E-state index contributed by atoms with van der Waals surface area (Å²) < 4.78 is 0. The van der Waals surface area contributed by atoms with Gasteiger partial charge in [0.1, 0.15) is 0 Å². The zero-order valence-corrected chi connectivity index (χ0v) is 11.1. The minimum atomic E-state index is 0.212. The maximum absolute atomic E-state index is 4.01. The van der Waals surface area contributed by atoms with Crippen LogP contribution in [-0.2, 0) is 6.42 Å². The third-order valence-corrected chi connectivity index (χ3v) is 3.27. The molecule has 3 nitrogen and oxygen atoms in total. The molecule has 1 atom stereocenters. The summed E-state index contributed by atoms with van der Waals surface area (Å²) in [4.78, 5) is 0. The molecule has 0 bridgehead atoms. The van der Waals surface area contributed by atoms with Crippen molar-refractivity contribution in [3.63, 3.8) is 0 Å². The molecule has 0 saturated heterocycles. The second-order valence-electron chi connectivity index (χ2n) is 4.60. The fourth-order valence-corrected chi connectivity index (χ4v) is 2.20. The zero-order chi connectivity index (χ0) is 12.8. The first-order valence-electron chi connectivity index (χ1n) is 6.60. The number of nitrogens with zero attached hydrogens (tertiary/aromatic N) is 1. The van der Waals surface area contributed by atoms with Gasteiger partial charge < -0.3 is 5.32 Å². The number of aromatic amines is 1. The van der Waals surface area contributed by atoms with Crippen LogP contribution in [0.3, 0.4) is 0 Å². The predicted octanol–water partition coefficient (Wildman–Crippen LogP) is 3.06. The molecule has 0 spiro atoms. The quantitative estimate of drug-likeness (QED) is 0.818. The van der Waals surface area contributed by atoms with E-state index in [0.29, 0.717) is 0 Å². The van der Waals surface area contributed by atoms with Crippen molar-refractivity contribution in [2.45, 2.75) is 32.2 Å². The van der Waals surface area contributed by atoms with Crippen LogP contribution in [0.4, 0.5) is 0 Å². The van der Waals surface area contributed by atoms with Crippen molar-refractivity contribution < 1.29 is 0 Å². The molecule has 1 heterocycles. The number of unbranched alkanes of at least 4 members (excludes halogenated alkanes) is 1. The number of nitrogens with one attached hydrogen (secondary N) is 2. The van der Waals surface area contributed by atoms with Crippen LogP contribution in [0.25, 0.3) is 0 Å². The molecule has 96 valence electrons. The Morgan fingerprint density at radius 1 is 1.22 bits per heavy atom. The molecule has 3 heteroatoms. The molecule has 2 aromatic rings. The first-order valence-corrected chi connectivity index (χ1v) is 6.60. The van der Waals surface area contributed by atoms with Crippen LogP contribution in [0.15, 0.2) is 36.7 Å². The van der Waals surface area contributed by atoms with E-state index in [9.17, 15) is 0 Å². The molecule has 0 aliphatic carbocycles. The Morgan fingerprint density at radius 3 is 2.56 bits per heavy atom. The number of H-pyrrole nitrogens is 1. The molecule has 2 N–H and O–H groups in total. The molecule has 1 aromatic heterocycles. The van der Waals surface area contributed by atoms with E-state index >= 15 is 0 Å². The van der Waals surface area contributed by atoms with Crippen molar-refractivity contribution in [2.75, 3.05) is 7.05 Å². The summed E-state index contributed by atoms with van der Waals surface area (Å²) in [6.45, 7) is 2.23. The van der Waals surface area contributed by atoms with Crippen LogP contribution in [-0.4, -0.2) is 17.2 Å².